The van der Waals surface area contributed by atoms with E-state index in [0.717, 1.165) is 16.1 Å². The van der Waals surface area contributed by atoms with Crippen LogP contribution in [0.2, 0.25) is 0 Å². The van der Waals surface area contributed by atoms with Gasteiger partial charge in [0.2, 0.25) is 21.8 Å². The Kier molecular flexibility index (Phi) is 8.44. The first kappa shape index (κ1) is 24.2. The number of hydrogen-bond donors (Lipinski definition) is 1. The summed E-state index contributed by atoms with van der Waals surface area (Å²) in [5, 5.41) is 2.59. The number of sulfonamides is 1. The van der Waals surface area contributed by atoms with E-state index in [9.17, 15) is 18.0 Å². The Morgan fingerprint density at radius 3 is 2.32 bits per heavy atom. The number of carbonyl (C=O) groups excluding carboxylic acids is 2. The first-order chi connectivity index (χ1) is 14.7. The number of ether oxygens (including phenoxy) is 1. The average molecular weight is 448 g/mol. The highest BCUT2D eigenvalue weighted by Gasteiger charge is 2.31. The minimum Gasteiger partial charge on any atom is -0.497 e. The second-order valence-corrected chi connectivity index (χ2v) is 8.92. The van der Waals surface area contributed by atoms with Crippen molar-refractivity contribution in [2.24, 2.45) is 0 Å². The summed E-state index contributed by atoms with van der Waals surface area (Å²) in [6, 6.07) is 15.0. The van der Waals surface area contributed by atoms with Crippen LogP contribution in [0.1, 0.15) is 18.9 Å². The largest absolute Gasteiger partial charge is 0.497 e. The van der Waals surface area contributed by atoms with Gasteiger partial charge in [0.1, 0.15) is 18.3 Å². The molecular formula is C22H29N3O5S. The molecule has 0 aliphatic rings. The van der Waals surface area contributed by atoms with Gasteiger partial charge in [0.25, 0.3) is 0 Å². The van der Waals surface area contributed by atoms with Crippen LogP contribution in [-0.4, -0.2) is 58.1 Å². The van der Waals surface area contributed by atoms with Crippen molar-refractivity contribution < 1.29 is 22.7 Å². The van der Waals surface area contributed by atoms with Crippen LogP contribution in [-0.2, 0) is 26.2 Å². The van der Waals surface area contributed by atoms with Gasteiger partial charge < -0.3 is 15.0 Å². The maximum atomic E-state index is 13.4. The van der Waals surface area contributed by atoms with E-state index in [-0.39, 0.29) is 12.5 Å². The molecule has 2 aromatic rings. The summed E-state index contributed by atoms with van der Waals surface area (Å²) >= 11 is 0. The summed E-state index contributed by atoms with van der Waals surface area (Å²) in [5.41, 5.74) is 1.15. The second kappa shape index (κ2) is 10.8. The number of likely N-dealkylation sites (N-methyl/N-ethyl adjacent to an activating group) is 1. The van der Waals surface area contributed by atoms with Gasteiger partial charge in [-0.05, 0) is 24.1 Å². The number of carbonyl (C=O) groups is 2. The Morgan fingerprint density at radius 1 is 1.10 bits per heavy atom. The molecule has 1 N–H and O–H groups in total. The molecule has 0 aromatic heterocycles. The minimum absolute atomic E-state index is 0.182. The molecule has 0 spiro atoms. The highest BCUT2D eigenvalue weighted by Crippen LogP contribution is 2.24. The molecule has 0 saturated carbocycles. The predicted octanol–water partition coefficient (Wildman–Crippen LogP) is 2.01. The molecule has 1 atom stereocenters. The highest BCUT2D eigenvalue weighted by atomic mass is 32.2. The van der Waals surface area contributed by atoms with Gasteiger partial charge in [0.05, 0.1) is 19.1 Å². The Morgan fingerprint density at radius 2 is 1.77 bits per heavy atom. The Bertz CT molecular complexity index is 995. The van der Waals surface area contributed by atoms with Gasteiger partial charge in [0, 0.05) is 19.7 Å². The molecule has 31 heavy (non-hydrogen) atoms. The van der Waals surface area contributed by atoms with Crippen molar-refractivity contribution in [1.29, 1.82) is 0 Å². The topological polar surface area (TPSA) is 96.0 Å². The Hall–Kier alpha value is -3.07. The van der Waals surface area contributed by atoms with Crippen molar-refractivity contribution in [3.63, 3.8) is 0 Å². The lowest BCUT2D eigenvalue weighted by molar-refractivity contribution is -0.140. The van der Waals surface area contributed by atoms with Gasteiger partial charge >= 0.3 is 0 Å². The van der Waals surface area contributed by atoms with Crippen molar-refractivity contribution in [3.05, 3.63) is 60.2 Å². The van der Waals surface area contributed by atoms with Crippen molar-refractivity contribution >= 4 is 27.5 Å². The molecule has 0 aliphatic heterocycles. The zero-order valence-electron chi connectivity index (χ0n) is 18.2. The van der Waals surface area contributed by atoms with Gasteiger partial charge in [-0.3, -0.25) is 13.9 Å². The molecule has 0 unspecified atom stereocenters. The van der Waals surface area contributed by atoms with Crippen LogP contribution in [0.25, 0.3) is 0 Å². The fraction of sp³-hybridized carbons (Fsp3) is 0.364. The fourth-order valence-electron chi connectivity index (χ4n) is 3.25. The van der Waals surface area contributed by atoms with Crippen LogP contribution in [0.4, 0.5) is 5.69 Å². The molecule has 2 amide bonds. The normalized spacial score (nSPS) is 12.0. The van der Waals surface area contributed by atoms with E-state index in [1.54, 1.807) is 24.3 Å². The monoisotopic (exact) mass is 447 g/mol. The Balaban J connectivity index is 2.41. The molecule has 0 bridgehead atoms. The van der Waals surface area contributed by atoms with Gasteiger partial charge in [-0.25, -0.2) is 8.42 Å². The molecule has 2 aromatic carbocycles. The standard InChI is InChI=1S/C22H29N3O5S/c1-5-20(22(27)23-2)24(15-17-10-7-6-8-11-17)21(26)16-25(31(4,28)29)18-12-9-13-19(14-18)30-3/h6-14,20H,5,15-16H2,1-4H3,(H,23,27)/t20-/m1/s1. The van der Waals surface area contributed by atoms with Crippen molar-refractivity contribution in [1.82, 2.24) is 10.2 Å². The number of rotatable bonds is 10. The lowest BCUT2D eigenvalue weighted by Gasteiger charge is -2.32. The van der Waals surface area contributed by atoms with Gasteiger partial charge in [0.15, 0.2) is 0 Å². The lowest BCUT2D eigenvalue weighted by atomic mass is 10.1. The van der Waals surface area contributed by atoms with Gasteiger partial charge in [-0.15, -0.1) is 0 Å². The van der Waals surface area contributed by atoms with Crippen LogP contribution in [0.3, 0.4) is 0 Å². The average Bonchev–Trinajstić information content (AvgIpc) is 2.76. The third-order valence-electron chi connectivity index (χ3n) is 4.85. The van der Waals surface area contributed by atoms with Crippen LogP contribution in [0.15, 0.2) is 54.6 Å². The minimum atomic E-state index is -3.77. The van der Waals surface area contributed by atoms with Crippen molar-refractivity contribution in [2.75, 3.05) is 31.3 Å². The summed E-state index contributed by atoms with van der Waals surface area (Å²) < 4.78 is 31.2. The van der Waals surface area contributed by atoms with E-state index in [4.69, 9.17) is 4.74 Å². The third-order valence-corrected chi connectivity index (χ3v) is 5.99. The zero-order chi connectivity index (χ0) is 23.0. The van der Waals surface area contributed by atoms with E-state index in [1.807, 2.05) is 37.3 Å². The number of amides is 2. The first-order valence-electron chi connectivity index (χ1n) is 9.88. The molecule has 0 fully saturated rings. The summed E-state index contributed by atoms with van der Waals surface area (Å²) in [6.45, 7) is 1.55. The molecule has 0 saturated heterocycles. The summed E-state index contributed by atoms with van der Waals surface area (Å²) in [5.74, 6) is -0.317. The van der Waals surface area contributed by atoms with Crippen molar-refractivity contribution in [2.45, 2.75) is 25.9 Å². The molecule has 0 radical (unpaired) electrons. The molecule has 9 heteroatoms. The number of hydrogen-bond acceptors (Lipinski definition) is 5. The van der Waals surface area contributed by atoms with E-state index < -0.39 is 28.5 Å². The molecule has 8 nitrogen and oxygen atoms in total. The predicted molar refractivity (Wildman–Crippen MR) is 120 cm³/mol. The summed E-state index contributed by atoms with van der Waals surface area (Å²) in [4.78, 5) is 27.2. The second-order valence-electron chi connectivity index (χ2n) is 7.02. The van der Waals surface area contributed by atoms with Gasteiger partial charge in [-0.1, -0.05) is 43.3 Å². The molecular weight excluding hydrogens is 418 g/mol. The maximum Gasteiger partial charge on any atom is 0.244 e. The smallest absolute Gasteiger partial charge is 0.244 e. The summed E-state index contributed by atoms with van der Waals surface area (Å²) in [7, 11) is -0.786. The van der Waals surface area contributed by atoms with Crippen LogP contribution in [0.5, 0.6) is 5.75 Å². The molecule has 0 aliphatic carbocycles. The molecule has 0 heterocycles. The first-order valence-corrected chi connectivity index (χ1v) is 11.7. The quantitative estimate of drug-likeness (QED) is 0.601. The van der Waals surface area contributed by atoms with E-state index >= 15 is 0 Å². The van der Waals surface area contributed by atoms with Crippen LogP contribution >= 0.6 is 0 Å². The number of nitrogens with zero attached hydrogens (tertiary/aromatic N) is 2. The van der Waals surface area contributed by atoms with Gasteiger partial charge in [-0.2, -0.15) is 0 Å². The van der Waals surface area contributed by atoms with Crippen molar-refractivity contribution in [3.8, 4) is 5.75 Å². The SMILES string of the molecule is CC[C@H](C(=O)NC)N(Cc1ccccc1)C(=O)CN(c1cccc(OC)c1)S(C)(=O)=O. The maximum absolute atomic E-state index is 13.4. The molecule has 2 rings (SSSR count). The number of anilines is 1. The highest BCUT2D eigenvalue weighted by molar-refractivity contribution is 7.92. The third kappa shape index (κ3) is 6.45. The van der Waals surface area contributed by atoms with Crippen LogP contribution < -0.4 is 14.4 Å². The van der Waals surface area contributed by atoms with E-state index in [1.165, 1.54) is 19.1 Å². The number of methoxy groups -OCH3 is 1. The Labute approximate surface area is 183 Å². The summed E-state index contributed by atoms with van der Waals surface area (Å²) in [6.07, 6.45) is 1.42. The fourth-order valence-corrected chi connectivity index (χ4v) is 4.09. The van der Waals surface area contributed by atoms with E-state index in [0.29, 0.717) is 17.9 Å². The zero-order valence-corrected chi connectivity index (χ0v) is 19.1. The van der Waals surface area contributed by atoms with Crippen LogP contribution in [0, 0.1) is 0 Å². The number of benzene rings is 2. The molecule has 168 valence electrons. The lowest BCUT2D eigenvalue weighted by Crippen LogP contribution is -2.51. The van der Waals surface area contributed by atoms with E-state index in [2.05, 4.69) is 5.32 Å². The number of nitrogens with one attached hydrogen (secondary N) is 1.